The van der Waals surface area contributed by atoms with E-state index in [1.54, 1.807) is 0 Å². The highest BCUT2D eigenvalue weighted by Crippen LogP contribution is 2.47. The molecule has 1 aliphatic rings. The molecule has 1 heteroatoms. The van der Waals surface area contributed by atoms with Crippen molar-refractivity contribution >= 4 is 11.8 Å². The fourth-order valence-corrected chi connectivity index (χ4v) is 4.57. The zero-order valence-corrected chi connectivity index (χ0v) is 15.9. The van der Waals surface area contributed by atoms with Crippen LogP contribution in [0.4, 0.5) is 0 Å². The summed E-state index contributed by atoms with van der Waals surface area (Å²) in [5.41, 5.74) is 5.59. The lowest BCUT2D eigenvalue weighted by Gasteiger charge is -2.19. The van der Waals surface area contributed by atoms with Crippen molar-refractivity contribution in [2.45, 2.75) is 49.2 Å². The van der Waals surface area contributed by atoms with E-state index >= 15 is 0 Å². The van der Waals surface area contributed by atoms with Crippen molar-refractivity contribution in [3.63, 3.8) is 0 Å². The lowest BCUT2D eigenvalue weighted by Crippen LogP contribution is -2.10. The standard InChI is InChI=1S/C23H26S/c1-6-8-19-20-14-11-17(15-22(20)24-21(19)7-2)16-9-12-18(13-10-16)23(3,4)5/h6-15,19,21H,2H2,1,3-5H3/b8-6-. The molecule has 0 spiro atoms. The Bertz CT molecular complexity index is 760. The molecule has 1 aliphatic heterocycles. The number of rotatable bonds is 3. The van der Waals surface area contributed by atoms with Gasteiger partial charge in [0, 0.05) is 16.1 Å². The molecule has 0 saturated heterocycles. The van der Waals surface area contributed by atoms with Crippen LogP contribution in [0.25, 0.3) is 11.1 Å². The van der Waals surface area contributed by atoms with Gasteiger partial charge in [0.2, 0.25) is 0 Å². The van der Waals surface area contributed by atoms with Gasteiger partial charge in [0.15, 0.2) is 0 Å². The first-order valence-corrected chi connectivity index (χ1v) is 9.49. The van der Waals surface area contributed by atoms with Gasteiger partial charge in [-0.15, -0.1) is 18.3 Å². The predicted molar refractivity (Wildman–Crippen MR) is 108 cm³/mol. The molecule has 3 rings (SSSR count). The van der Waals surface area contributed by atoms with Crippen molar-refractivity contribution in [2.24, 2.45) is 0 Å². The molecule has 2 atom stereocenters. The van der Waals surface area contributed by atoms with Crippen LogP contribution in [-0.4, -0.2) is 5.25 Å². The molecule has 0 amide bonds. The van der Waals surface area contributed by atoms with Crippen molar-refractivity contribution in [3.8, 4) is 11.1 Å². The molecular formula is C23H26S. The lowest BCUT2D eigenvalue weighted by molar-refractivity contribution is 0.590. The average Bonchev–Trinajstić information content (AvgIpc) is 2.92. The Morgan fingerprint density at radius 2 is 1.67 bits per heavy atom. The van der Waals surface area contributed by atoms with Gasteiger partial charge < -0.3 is 0 Å². The molecular weight excluding hydrogens is 308 g/mol. The van der Waals surface area contributed by atoms with Gasteiger partial charge in [0.25, 0.3) is 0 Å². The number of allylic oxidation sites excluding steroid dienone is 2. The Hall–Kier alpha value is -1.73. The van der Waals surface area contributed by atoms with Crippen molar-refractivity contribution in [1.82, 2.24) is 0 Å². The van der Waals surface area contributed by atoms with E-state index in [-0.39, 0.29) is 5.41 Å². The molecule has 0 nitrogen and oxygen atoms in total. The monoisotopic (exact) mass is 334 g/mol. The Morgan fingerprint density at radius 3 is 2.25 bits per heavy atom. The highest BCUT2D eigenvalue weighted by Gasteiger charge is 2.29. The number of fused-ring (bicyclic) bond motifs is 1. The molecule has 0 aromatic heterocycles. The van der Waals surface area contributed by atoms with Crippen LogP contribution < -0.4 is 0 Å². The van der Waals surface area contributed by atoms with Crippen molar-refractivity contribution in [3.05, 3.63) is 78.4 Å². The summed E-state index contributed by atoms with van der Waals surface area (Å²) in [6, 6.07) is 15.9. The second-order valence-electron chi connectivity index (χ2n) is 7.45. The fraction of sp³-hybridized carbons (Fsp3) is 0.304. The highest BCUT2D eigenvalue weighted by molar-refractivity contribution is 8.00. The van der Waals surface area contributed by atoms with Gasteiger partial charge in [-0.2, -0.15) is 0 Å². The Kier molecular flexibility index (Phi) is 4.73. The van der Waals surface area contributed by atoms with Crippen LogP contribution in [0.15, 0.2) is 72.2 Å². The second kappa shape index (κ2) is 6.64. The van der Waals surface area contributed by atoms with E-state index < -0.39 is 0 Å². The van der Waals surface area contributed by atoms with Gasteiger partial charge in [-0.25, -0.2) is 0 Å². The minimum atomic E-state index is 0.198. The van der Waals surface area contributed by atoms with Crippen LogP contribution in [0.2, 0.25) is 0 Å². The molecule has 124 valence electrons. The SMILES string of the molecule is C=CC1Sc2cc(-c3ccc(C(C)(C)C)cc3)ccc2C1/C=C\C. The minimum absolute atomic E-state index is 0.198. The van der Waals surface area contributed by atoms with E-state index in [0.717, 1.165) is 0 Å². The van der Waals surface area contributed by atoms with Crippen LogP contribution in [0, 0.1) is 0 Å². The topological polar surface area (TPSA) is 0 Å². The van der Waals surface area contributed by atoms with Crippen molar-refractivity contribution in [1.29, 1.82) is 0 Å². The van der Waals surface area contributed by atoms with Crippen LogP contribution >= 0.6 is 11.8 Å². The molecule has 0 aliphatic carbocycles. The van der Waals surface area contributed by atoms with E-state index in [4.69, 9.17) is 0 Å². The zero-order valence-electron chi connectivity index (χ0n) is 15.0. The molecule has 2 aromatic rings. The summed E-state index contributed by atoms with van der Waals surface area (Å²) >= 11 is 1.93. The first-order valence-electron chi connectivity index (χ1n) is 8.61. The number of thioether (sulfide) groups is 1. The third-order valence-electron chi connectivity index (χ3n) is 4.71. The van der Waals surface area contributed by atoms with Gasteiger partial charge in [0.1, 0.15) is 0 Å². The van der Waals surface area contributed by atoms with Gasteiger partial charge in [-0.1, -0.05) is 75.4 Å². The third-order valence-corrected chi connectivity index (χ3v) is 6.07. The van der Waals surface area contributed by atoms with E-state index in [9.17, 15) is 0 Å². The summed E-state index contributed by atoms with van der Waals surface area (Å²) in [6.07, 6.45) is 6.52. The number of hydrogen-bond donors (Lipinski definition) is 0. The van der Waals surface area contributed by atoms with Crippen LogP contribution in [0.5, 0.6) is 0 Å². The molecule has 2 aromatic carbocycles. The van der Waals surface area contributed by atoms with E-state index in [2.05, 4.69) is 95.0 Å². The maximum Gasteiger partial charge on any atom is 0.0375 e. The van der Waals surface area contributed by atoms with Gasteiger partial charge in [-0.3, -0.25) is 0 Å². The maximum atomic E-state index is 4.02. The fourth-order valence-electron chi connectivity index (χ4n) is 3.27. The normalized spacial score (nSPS) is 20.3. The summed E-state index contributed by atoms with van der Waals surface area (Å²) in [5.74, 6) is 0.449. The molecule has 0 saturated carbocycles. The number of benzene rings is 2. The van der Waals surface area contributed by atoms with Crippen molar-refractivity contribution < 1.29 is 0 Å². The van der Waals surface area contributed by atoms with Gasteiger partial charge >= 0.3 is 0 Å². The Labute approximate surface area is 150 Å². The largest absolute Gasteiger partial charge is 0.117 e. The summed E-state index contributed by atoms with van der Waals surface area (Å²) in [4.78, 5) is 1.39. The maximum absolute atomic E-state index is 4.02. The highest BCUT2D eigenvalue weighted by atomic mass is 32.2. The Morgan fingerprint density at radius 1 is 1.00 bits per heavy atom. The molecule has 0 radical (unpaired) electrons. The lowest BCUT2D eigenvalue weighted by atomic mass is 9.86. The second-order valence-corrected chi connectivity index (χ2v) is 8.67. The molecule has 0 fully saturated rings. The van der Waals surface area contributed by atoms with Crippen molar-refractivity contribution in [2.75, 3.05) is 0 Å². The van der Waals surface area contributed by atoms with E-state index in [1.807, 2.05) is 11.8 Å². The summed E-state index contributed by atoms with van der Waals surface area (Å²) < 4.78 is 0. The molecule has 2 unspecified atom stereocenters. The molecule has 0 bridgehead atoms. The first kappa shape index (κ1) is 17.1. The van der Waals surface area contributed by atoms with Crippen LogP contribution in [0.1, 0.15) is 44.7 Å². The van der Waals surface area contributed by atoms with E-state index in [0.29, 0.717) is 11.2 Å². The van der Waals surface area contributed by atoms with Crippen LogP contribution in [0.3, 0.4) is 0 Å². The molecule has 0 N–H and O–H groups in total. The summed E-state index contributed by atoms with van der Waals surface area (Å²) in [6.45, 7) is 12.9. The molecule has 1 heterocycles. The van der Waals surface area contributed by atoms with E-state index in [1.165, 1.54) is 27.1 Å². The zero-order chi connectivity index (χ0) is 17.3. The average molecular weight is 335 g/mol. The number of hydrogen-bond acceptors (Lipinski definition) is 1. The molecule has 24 heavy (non-hydrogen) atoms. The summed E-state index contributed by atoms with van der Waals surface area (Å²) in [5, 5.41) is 0.440. The predicted octanol–water partition coefficient (Wildman–Crippen LogP) is 6.97. The third kappa shape index (κ3) is 3.23. The first-order chi connectivity index (χ1) is 11.4. The van der Waals surface area contributed by atoms with Crippen LogP contribution in [-0.2, 0) is 5.41 Å². The smallest absolute Gasteiger partial charge is 0.0375 e. The van der Waals surface area contributed by atoms with Gasteiger partial charge in [0.05, 0.1) is 0 Å². The van der Waals surface area contributed by atoms with Gasteiger partial charge in [-0.05, 0) is 40.7 Å². The quantitative estimate of drug-likeness (QED) is 0.546. The Balaban J connectivity index is 1.94. The minimum Gasteiger partial charge on any atom is -0.117 e. The summed E-state index contributed by atoms with van der Waals surface area (Å²) in [7, 11) is 0.